The van der Waals surface area contributed by atoms with Gasteiger partial charge in [0.05, 0.1) is 11.6 Å². The first-order chi connectivity index (χ1) is 11.5. The third-order valence-corrected chi connectivity index (χ3v) is 7.24. The van der Waals surface area contributed by atoms with E-state index in [1.807, 2.05) is 13.1 Å². The predicted octanol–water partition coefficient (Wildman–Crippen LogP) is 1.25. The third kappa shape index (κ3) is 1.13. The van der Waals surface area contributed by atoms with Crippen LogP contribution in [0.5, 0.6) is 11.5 Å². The minimum atomic E-state index is -1.72. The van der Waals surface area contributed by atoms with Crippen LogP contribution in [0.1, 0.15) is 42.9 Å². The first-order valence-electron chi connectivity index (χ1n) is 8.61. The van der Waals surface area contributed by atoms with E-state index in [-0.39, 0.29) is 24.1 Å². The van der Waals surface area contributed by atoms with Gasteiger partial charge in [-0.2, -0.15) is 0 Å². The number of ketones is 1. The summed E-state index contributed by atoms with van der Waals surface area (Å²) >= 11 is 0. The van der Waals surface area contributed by atoms with Crippen molar-refractivity contribution in [3.8, 4) is 11.5 Å². The van der Waals surface area contributed by atoms with Crippen molar-refractivity contribution in [2.24, 2.45) is 0 Å². The molecule has 126 valence electrons. The average Bonchev–Trinajstić information content (AvgIpc) is 3.22. The second-order valence-corrected chi connectivity index (χ2v) is 7.78. The number of carbonyl (C=O) groups excluding carboxylic acids is 1. The minimum Gasteiger partial charge on any atom is -0.454 e. The fraction of sp³-hybridized carbons (Fsp3) is 0.611. The van der Waals surface area contributed by atoms with Gasteiger partial charge < -0.3 is 19.3 Å². The number of benzene rings is 1. The summed E-state index contributed by atoms with van der Waals surface area (Å²) in [6.07, 6.45) is 2.39. The summed E-state index contributed by atoms with van der Waals surface area (Å²) in [7, 11) is 2.01. The van der Waals surface area contributed by atoms with Crippen molar-refractivity contribution in [3.63, 3.8) is 0 Å². The van der Waals surface area contributed by atoms with Gasteiger partial charge in [-0.25, -0.2) is 0 Å². The fourth-order valence-corrected chi connectivity index (χ4v) is 6.24. The maximum atomic E-state index is 12.7. The Morgan fingerprint density at radius 1 is 1.25 bits per heavy atom. The number of carbonyl (C=O) groups is 1. The molecule has 0 radical (unpaired) electrons. The van der Waals surface area contributed by atoms with E-state index >= 15 is 0 Å². The van der Waals surface area contributed by atoms with Crippen molar-refractivity contribution in [3.05, 3.63) is 23.3 Å². The molecule has 1 aromatic carbocycles. The number of hydrogen-bond acceptors (Lipinski definition) is 6. The van der Waals surface area contributed by atoms with Crippen LogP contribution in [0.3, 0.4) is 0 Å². The summed E-state index contributed by atoms with van der Waals surface area (Å²) in [4.78, 5) is 14.9. The van der Waals surface area contributed by atoms with Gasteiger partial charge in [0, 0.05) is 18.3 Å². The summed E-state index contributed by atoms with van der Waals surface area (Å²) in [5.41, 5.74) is 1.29. The standard InChI is InChI=1S/C18H19NO5/c1-19-5-4-16-3-2-15(20)18(21)17(16,19)8-14(24-18)10-6-12-13(7-11(10)16)23-9-22-12/h6-7,14,21H,2-5,8-9H2,1H3/t14-,16?,17?,18-/m1/s1. The van der Waals surface area contributed by atoms with Gasteiger partial charge in [0.15, 0.2) is 17.3 Å². The number of likely N-dealkylation sites (N-methyl/N-ethyl adjacent to an activating group) is 1. The summed E-state index contributed by atoms with van der Waals surface area (Å²) in [5, 5.41) is 11.4. The normalized spacial score (nSPS) is 44.6. The molecule has 0 amide bonds. The topological polar surface area (TPSA) is 68.2 Å². The highest BCUT2D eigenvalue weighted by atomic mass is 16.7. The molecule has 1 aromatic rings. The highest BCUT2D eigenvalue weighted by Crippen LogP contribution is 2.70. The summed E-state index contributed by atoms with van der Waals surface area (Å²) < 4.78 is 17.2. The maximum Gasteiger partial charge on any atom is 0.247 e. The van der Waals surface area contributed by atoms with Crippen LogP contribution in [0.15, 0.2) is 12.1 Å². The molecule has 4 atom stereocenters. The van der Waals surface area contributed by atoms with Crippen molar-refractivity contribution >= 4 is 5.78 Å². The van der Waals surface area contributed by atoms with Crippen LogP contribution < -0.4 is 9.47 Å². The molecule has 3 fully saturated rings. The van der Waals surface area contributed by atoms with Crippen LogP contribution in [0.2, 0.25) is 0 Å². The van der Waals surface area contributed by atoms with Crippen LogP contribution in [-0.4, -0.2) is 47.5 Å². The number of Topliss-reactive ketones (excluding diaryl/α,β-unsaturated/α-hetero) is 1. The zero-order chi connectivity index (χ0) is 16.3. The third-order valence-electron chi connectivity index (χ3n) is 7.24. The molecule has 5 aliphatic rings. The van der Waals surface area contributed by atoms with Crippen molar-refractivity contribution < 1.29 is 24.1 Å². The van der Waals surface area contributed by atoms with Gasteiger partial charge in [-0.1, -0.05) is 0 Å². The number of likely N-dealkylation sites (tertiary alicyclic amines) is 1. The molecular weight excluding hydrogens is 310 g/mol. The Hall–Kier alpha value is -1.63. The minimum absolute atomic E-state index is 0.178. The Morgan fingerprint density at radius 2 is 2.04 bits per heavy atom. The van der Waals surface area contributed by atoms with E-state index in [1.165, 1.54) is 5.56 Å². The Morgan fingerprint density at radius 3 is 2.88 bits per heavy atom. The van der Waals surface area contributed by atoms with E-state index < -0.39 is 11.3 Å². The van der Waals surface area contributed by atoms with Crippen LogP contribution in [0.25, 0.3) is 0 Å². The molecule has 6 nitrogen and oxygen atoms in total. The summed E-state index contributed by atoms with van der Waals surface area (Å²) in [6.45, 7) is 1.09. The number of nitrogens with zero attached hydrogens (tertiary/aromatic N) is 1. The zero-order valence-electron chi connectivity index (χ0n) is 13.5. The van der Waals surface area contributed by atoms with E-state index in [0.29, 0.717) is 12.8 Å². The van der Waals surface area contributed by atoms with Gasteiger partial charge >= 0.3 is 0 Å². The van der Waals surface area contributed by atoms with Gasteiger partial charge in [-0.05, 0) is 49.7 Å². The largest absolute Gasteiger partial charge is 0.454 e. The molecule has 6 heteroatoms. The number of rotatable bonds is 0. The van der Waals surface area contributed by atoms with Crippen molar-refractivity contribution in [1.82, 2.24) is 4.90 Å². The van der Waals surface area contributed by atoms with Crippen LogP contribution in [-0.2, 0) is 14.9 Å². The van der Waals surface area contributed by atoms with Gasteiger partial charge in [0.1, 0.15) is 0 Å². The molecule has 2 aliphatic carbocycles. The molecule has 3 heterocycles. The fourth-order valence-electron chi connectivity index (χ4n) is 6.24. The average molecular weight is 329 g/mol. The van der Waals surface area contributed by atoms with Gasteiger partial charge in [-0.3, -0.25) is 9.69 Å². The summed E-state index contributed by atoms with van der Waals surface area (Å²) in [6, 6.07) is 4.07. The maximum absolute atomic E-state index is 12.7. The predicted molar refractivity (Wildman–Crippen MR) is 81.9 cm³/mol. The highest BCUT2D eigenvalue weighted by Gasteiger charge is 2.80. The Bertz CT molecular complexity index is 809. The molecule has 1 saturated carbocycles. The molecule has 2 bridgehead atoms. The van der Waals surface area contributed by atoms with Crippen LogP contribution >= 0.6 is 0 Å². The van der Waals surface area contributed by atoms with Gasteiger partial charge in [0.2, 0.25) is 12.6 Å². The lowest BCUT2D eigenvalue weighted by Crippen LogP contribution is -2.72. The zero-order valence-corrected chi connectivity index (χ0v) is 13.5. The molecule has 2 unspecified atom stereocenters. The quantitative estimate of drug-likeness (QED) is 0.773. The second-order valence-electron chi connectivity index (χ2n) is 7.78. The number of fused-ring (bicyclic) bond motifs is 4. The lowest BCUT2D eigenvalue weighted by atomic mass is 9.51. The van der Waals surface area contributed by atoms with E-state index in [1.54, 1.807) is 0 Å². The SMILES string of the molecule is CN1CCC23CCC(=O)[C@@]4(O)O[C@H](CC124)c1cc2c(cc13)OCO2. The molecular formula is C18H19NO5. The number of ether oxygens (including phenoxy) is 3. The Balaban J connectivity index is 1.70. The summed E-state index contributed by atoms with van der Waals surface area (Å²) in [5.74, 6) is -0.407. The van der Waals surface area contributed by atoms with Crippen LogP contribution in [0.4, 0.5) is 0 Å². The molecule has 1 spiro atoms. The number of hydrogen-bond donors (Lipinski definition) is 1. The first-order valence-corrected chi connectivity index (χ1v) is 8.61. The van der Waals surface area contributed by atoms with E-state index in [4.69, 9.17) is 14.2 Å². The van der Waals surface area contributed by atoms with E-state index in [0.717, 1.165) is 36.4 Å². The van der Waals surface area contributed by atoms with Gasteiger partial charge in [-0.15, -0.1) is 0 Å². The number of aliphatic hydroxyl groups is 1. The molecule has 2 saturated heterocycles. The molecule has 0 aromatic heterocycles. The van der Waals surface area contributed by atoms with Crippen molar-refractivity contribution in [2.45, 2.75) is 48.5 Å². The molecule has 1 N–H and O–H groups in total. The second kappa shape index (κ2) is 3.79. The lowest BCUT2D eigenvalue weighted by Gasteiger charge is -2.56. The smallest absolute Gasteiger partial charge is 0.247 e. The van der Waals surface area contributed by atoms with E-state index in [2.05, 4.69) is 11.0 Å². The molecule has 6 rings (SSSR count). The Labute approximate surface area is 139 Å². The lowest BCUT2D eigenvalue weighted by molar-refractivity contribution is -0.242. The monoisotopic (exact) mass is 329 g/mol. The van der Waals surface area contributed by atoms with Crippen molar-refractivity contribution in [1.29, 1.82) is 0 Å². The van der Waals surface area contributed by atoms with E-state index in [9.17, 15) is 9.90 Å². The highest BCUT2D eigenvalue weighted by molar-refractivity contribution is 5.90. The first kappa shape index (κ1) is 13.6. The van der Waals surface area contributed by atoms with Gasteiger partial charge in [0.25, 0.3) is 0 Å². The molecule has 3 aliphatic heterocycles. The molecule has 24 heavy (non-hydrogen) atoms. The van der Waals surface area contributed by atoms with Crippen LogP contribution in [0, 0.1) is 0 Å². The van der Waals surface area contributed by atoms with Crippen molar-refractivity contribution in [2.75, 3.05) is 20.4 Å². The Kier molecular flexibility index (Phi) is 2.15.